The summed E-state index contributed by atoms with van der Waals surface area (Å²) in [5.41, 5.74) is 1.94. The number of anilines is 1. The lowest BCUT2D eigenvalue weighted by Gasteiger charge is -2.15. The third kappa shape index (κ3) is 7.97. The number of hydrogen-bond acceptors (Lipinski definition) is 7. The van der Waals surface area contributed by atoms with E-state index in [1.165, 1.54) is 0 Å². The molecule has 12 heteroatoms. The van der Waals surface area contributed by atoms with E-state index >= 15 is 0 Å². The maximum atomic E-state index is 13.1. The molecule has 0 aliphatic carbocycles. The van der Waals surface area contributed by atoms with Gasteiger partial charge in [0, 0.05) is 10.2 Å². The molecule has 8 nitrogen and oxygen atoms in total. The van der Waals surface area contributed by atoms with Gasteiger partial charge in [-0.1, -0.05) is 45.2 Å². The van der Waals surface area contributed by atoms with Crippen LogP contribution in [0.3, 0.4) is 0 Å². The van der Waals surface area contributed by atoms with Crippen LogP contribution in [0.15, 0.2) is 64.0 Å². The molecule has 1 heterocycles. The van der Waals surface area contributed by atoms with E-state index in [9.17, 15) is 14.4 Å². The average molecular weight is 680 g/mol. The van der Waals surface area contributed by atoms with Crippen molar-refractivity contribution in [1.82, 2.24) is 4.90 Å². The van der Waals surface area contributed by atoms with E-state index in [4.69, 9.17) is 37.4 Å². The smallest absolute Gasteiger partial charge is 0.294 e. The zero-order chi connectivity index (χ0) is 29.5. The van der Waals surface area contributed by atoms with Crippen molar-refractivity contribution in [1.29, 1.82) is 0 Å². The summed E-state index contributed by atoms with van der Waals surface area (Å²) in [7, 11) is 0. The number of amides is 3. The summed E-state index contributed by atoms with van der Waals surface area (Å²) >= 11 is 16.4. The number of rotatable bonds is 11. The fourth-order valence-electron chi connectivity index (χ4n) is 3.76. The van der Waals surface area contributed by atoms with Gasteiger partial charge in [-0.2, -0.15) is 0 Å². The minimum absolute atomic E-state index is 0.177. The van der Waals surface area contributed by atoms with Crippen LogP contribution in [0, 0.1) is 0 Å². The molecule has 214 valence electrons. The van der Waals surface area contributed by atoms with Crippen LogP contribution in [0.1, 0.15) is 25.0 Å². The van der Waals surface area contributed by atoms with Crippen LogP contribution in [0.25, 0.3) is 6.08 Å². The Morgan fingerprint density at radius 3 is 2.34 bits per heavy atom. The van der Waals surface area contributed by atoms with Crippen molar-refractivity contribution >= 4 is 79.7 Å². The first-order valence-electron chi connectivity index (χ1n) is 12.5. The predicted octanol–water partition coefficient (Wildman–Crippen LogP) is 7.81. The van der Waals surface area contributed by atoms with Crippen molar-refractivity contribution in [3.8, 4) is 17.2 Å². The molecule has 1 fully saturated rings. The Bertz CT molecular complexity index is 1500. The molecule has 1 aliphatic rings. The highest BCUT2D eigenvalue weighted by molar-refractivity contribution is 9.10. The van der Waals surface area contributed by atoms with Crippen LogP contribution in [-0.4, -0.2) is 41.7 Å². The summed E-state index contributed by atoms with van der Waals surface area (Å²) in [6.45, 7) is 4.43. The van der Waals surface area contributed by atoms with E-state index in [2.05, 4.69) is 21.2 Å². The van der Waals surface area contributed by atoms with Gasteiger partial charge >= 0.3 is 0 Å². The summed E-state index contributed by atoms with van der Waals surface area (Å²) in [6, 6.07) is 15.5. The van der Waals surface area contributed by atoms with E-state index in [0.717, 1.165) is 22.2 Å². The Kier molecular flexibility index (Phi) is 10.6. The SMILES string of the molecule is CCOc1ccc(NC(=O)CN2C(=O)S/C(=C/c3cc(OCC)c(OCc4ccc(Cl)c(Cl)c4)cc3Br)C2=O)cc1. The van der Waals surface area contributed by atoms with Crippen LogP contribution in [0.2, 0.25) is 10.0 Å². The largest absolute Gasteiger partial charge is 0.494 e. The first-order valence-corrected chi connectivity index (χ1v) is 14.9. The van der Waals surface area contributed by atoms with Gasteiger partial charge in [0.05, 0.1) is 28.2 Å². The van der Waals surface area contributed by atoms with E-state index in [1.54, 1.807) is 54.6 Å². The number of nitrogens with one attached hydrogen (secondary N) is 1. The molecule has 1 saturated heterocycles. The summed E-state index contributed by atoms with van der Waals surface area (Å²) in [4.78, 5) is 39.3. The third-order valence-electron chi connectivity index (χ3n) is 5.65. The van der Waals surface area contributed by atoms with Crippen molar-refractivity contribution in [3.05, 3.63) is 85.1 Å². The highest BCUT2D eigenvalue weighted by Crippen LogP contribution is 2.38. The second-order valence-corrected chi connectivity index (χ2v) is 11.2. The van der Waals surface area contributed by atoms with Gasteiger partial charge in [-0.25, -0.2) is 0 Å². The predicted molar refractivity (Wildman–Crippen MR) is 165 cm³/mol. The molecule has 3 amide bonds. The summed E-state index contributed by atoms with van der Waals surface area (Å²) in [5, 5.41) is 3.03. The Hall–Kier alpha value is -3.18. The van der Waals surface area contributed by atoms with Crippen LogP contribution < -0.4 is 19.5 Å². The molecule has 0 radical (unpaired) electrons. The first-order chi connectivity index (χ1) is 19.7. The summed E-state index contributed by atoms with van der Waals surface area (Å²) in [5.74, 6) is 0.538. The number of nitrogens with zero attached hydrogens (tertiary/aromatic N) is 1. The second kappa shape index (κ2) is 14.1. The standard InChI is InChI=1S/C29H25BrCl2N2O6S/c1-3-38-20-8-6-19(7-9-20)33-27(35)15-34-28(36)26(41-29(34)37)13-18-12-24(39-4-2)25(14-21(18)30)40-16-17-5-10-22(31)23(32)11-17/h5-14H,3-4,15-16H2,1-2H3,(H,33,35)/b26-13+. The molecule has 0 spiro atoms. The molecule has 1 aliphatic heterocycles. The van der Waals surface area contributed by atoms with Crippen molar-refractivity contribution in [2.24, 2.45) is 0 Å². The van der Waals surface area contributed by atoms with Gasteiger partial charge in [0.25, 0.3) is 11.1 Å². The highest BCUT2D eigenvalue weighted by Gasteiger charge is 2.36. The summed E-state index contributed by atoms with van der Waals surface area (Å²) in [6.07, 6.45) is 1.57. The summed E-state index contributed by atoms with van der Waals surface area (Å²) < 4.78 is 17.8. The van der Waals surface area contributed by atoms with Gasteiger partial charge in [0.2, 0.25) is 5.91 Å². The maximum absolute atomic E-state index is 13.1. The molecule has 0 bridgehead atoms. The van der Waals surface area contributed by atoms with Gasteiger partial charge in [-0.15, -0.1) is 0 Å². The highest BCUT2D eigenvalue weighted by atomic mass is 79.9. The second-order valence-electron chi connectivity index (χ2n) is 8.56. The van der Waals surface area contributed by atoms with Gasteiger partial charge < -0.3 is 19.5 Å². The monoisotopic (exact) mass is 678 g/mol. The van der Waals surface area contributed by atoms with Crippen molar-refractivity contribution in [2.45, 2.75) is 20.5 Å². The van der Waals surface area contributed by atoms with Crippen LogP contribution in [0.4, 0.5) is 10.5 Å². The number of imide groups is 1. The number of carbonyl (C=O) groups excluding carboxylic acids is 3. The lowest BCUT2D eigenvalue weighted by molar-refractivity contribution is -0.127. The number of hydrogen-bond donors (Lipinski definition) is 1. The minimum atomic E-state index is -0.563. The van der Waals surface area contributed by atoms with Crippen LogP contribution >= 0.6 is 50.9 Å². The van der Waals surface area contributed by atoms with E-state index in [1.807, 2.05) is 19.9 Å². The number of benzene rings is 3. The Balaban J connectivity index is 1.46. The topological polar surface area (TPSA) is 94.2 Å². The molecule has 41 heavy (non-hydrogen) atoms. The van der Waals surface area contributed by atoms with Crippen molar-refractivity contribution in [2.75, 3.05) is 25.1 Å². The molecule has 0 saturated carbocycles. The Morgan fingerprint density at radius 1 is 0.951 bits per heavy atom. The van der Waals surface area contributed by atoms with Crippen LogP contribution in [0.5, 0.6) is 17.2 Å². The molecule has 0 atom stereocenters. The molecule has 3 aromatic rings. The molecule has 3 aromatic carbocycles. The first kappa shape index (κ1) is 30.8. The fraction of sp³-hybridized carbons (Fsp3) is 0.207. The number of ether oxygens (including phenoxy) is 3. The van der Waals surface area contributed by atoms with Crippen molar-refractivity contribution < 1.29 is 28.6 Å². The van der Waals surface area contributed by atoms with E-state index in [-0.39, 0.29) is 11.5 Å². The lowest BCUT2D eigenvalue weighted by atomic mass is 10.1. The normalized spacial score (nSPS) is 14.0. The van der Waals surface area contributed by atoms with E-state index < -0.39 is 23.6 Å². The van der Waals surface area contributed by atoms with Gasteiger partial charge in [0.15, 0.2) is 11.5 Å². The quantitative estimate of drug-likeness (QED) is 0.207. The van der Waals surface area contributed by atoms with Gasteiger partial charge in [-0.3, -0.25) is 19.3 Å². The zero-order valence-corrected chi connectivity index (χ0v) is 26.0. The zero-order valence-electron chi connectivity index (χ0n) is 22.0. The molecule has 4 rings (SSSR count). The van der Waals surface area contributed by atoms with Gasteiger partial charge in [-0.05, 0) is 91.3 Å². The minimum Gasteiger partial charge on any atom is -0.494 e. The molecular weight excluding hydrogens is 655 g/mol. The number of halogens is 3. The molecular formula is C29H25BrCl2N2O6S. The van der Waals surface area contributed by atoms with Gasteiger partial charge in [0.1, 0.15) is 18.9 Å². The Morgan fingerprint density at radius 2 is 1.66 bits per heavy atom. The van der Waals surface area contributed by atoms with Crippen LogP contribution in [-0.2, 0) is 16.2 Å². The lowest BCUT2D eigenvalue weighted by Crippen LogP contribution is -2.36. The average Bonchev–Trinajstić information content (AvgIpc) is 3.20. The molecule has 0 unspecified atom stereocenters. The Labute approximate surface area is 260 Å². The third-order valence-corrected chi connectivity index (χ3v) is 7.99. The number of carbonyl (C=O) groups is 3. The molecule has 0 aromatic heterocycles. The fourth-order valence-corrected chi connectivity index (χ4v) is 5.34. The van der Waals surface area contributed by atoms with E-state index in [0.29, 0.717) is 56.2 Å². The molecule has 1 N–H and O–H groups in total. The maximum Gasteiger partial charge on any atom is 0.294 e. The number of thioether (sulfide) groups is 1. The van der Waals surface area contributed by atoms with Crippen molar-refractivity contribution in [3.63, 3.8) is 0 Å².